The number of aromatic hydroxyl groups is 1. The number of imidazole rings is 1. The second-order valence-corrected chi connectivity index (χ2v) is 10.7. The van der Waals surface area contributed by atoms with Crippen molar-refractivity contribution in [3.8, 4) is 17.1 Å². The maximum Gasteiger partial charge on any atom is 0.257 e. The molecular weight excluding hydrogens is 511 g/mol. The summed E-state index contributed by atoms with van der Waals surface area (Å²) in [5, 5.41) is 14.0. The van der Waals surface area contributed by atoms with E-state index >= 15 is 0 Å². The van der Waals surface area contributed by atoms with Crippen LogP contribution in [-0.4, -0.2) is 41.7 Å². The number of benzene rings is 3. The largest absolute Gasteiger partial charge is 0.506 e. The molecule has 0 aliphatic heterocycles. The number of aromatic amines is 1. The van der Waals surface area contributed by atoms with Crippen LogP contribution in [0.5, 0.6) is 5.75 Å². The highest BCUT2D eigenvalue weighted by molar-refractivity contribution is 7.89. The van der Waals surface area contributed by atoms with Gasteiger partial charge in [0, 0.05) is 22.8 Å². The van der Waals surface area contributed by atoms with Gasteiger partial charge in [-0.25, -0.2) is 18.1 Å². The molecule has 11 heteroatoms. The molecular formula is C24H22Cl2N4O4S. The Balaban J connectivity index is 1.53. The summed E-state index contributed by atoms with van der Waals surface area (Å²) in [4.78, 5) is 20.6. The number of carbonyl (C=O) groups excluding carboxylic acids is 1. The predicted molar refractivity (Wildman–Crippen MR) is 139 cm³/mol. The van der Waals surface area contributed by atoms with E-state index in [1.165, 1.54) is 12.1 Å². The van der Waals surface area contributed by atoms with Crippen molar-refractivity contribution in [3.63, 3.8) is 0 Å². The lowest BCUT2D eigenvalue weighted by Gasteiger charge is -2.08. The number of nitrogens with zero attached hydrogens (tertiary/aromatic N) is 1. The van der Waals surface area contributed by atoms with E-state index in [1.807, 2.05) is 12.1 Å². The third kappa shape index (κ3) is 5.76. The predicted octanol–water partition coefficient (Wildman–Crippen LogP) is 4.98. The quantitative estimate of drug-likeness (QED) is 0.255. The van der Waals surface area contributed by atoms with Crippen LogP contribution in [0.4, 0.5) is 5.69 Å². The second kappa shape index (κ2) is 10.2. The molecule has 4 N–H and O–H groups in total. The number of hydrogen-bond donors (Lipinski definition) is 4. The number of phenols is 1. The molecule has 1 aromatic heterocycles. The van der Waals surface area contributed by atoms with E-state index in [1.54, 1.807) is 37.3 Å². The average Bonchev–Trinajstić information content (AvgIpc) is 3.26. The summed E-state index contributed by atoms with van der Waals surface area (Å²) in [6.07, 6.45) is 0.523. The van der Waals surface area contributed by atoms with Crippen molar-refractivity contribution in [1.82, 2.24) is 14.7 Å². The number of fused-ring (bicyclic) bond motifs is 1. The topological polar surface area (TPSA) is 124 Å². The van der Waals surface area contributed by atoms with Gasteiger partial charge in [0.25, 0.3) is 5.91 Å². The van der Waals surface area contributed by atoms with Crippen molar-refractivity contribution >= 4 is 55.9 Å². The van der Waals surface area contributed by atoms with Gasteiger partial charge < -0.3 is 15.4 Å². The maximum atomic E-state index is 13.0. The van der Waals surface area contributed by atoms with Crippen molar-refractivity contribution in [1.29, 1.82) is 0 Å². The summed E-state index contributed by atoms with van der Waals surface area (Å²) in [6, 6.07) is 15.0. The molecule has 0 saturated carbocycles. The number of sulfonamides is 1. The number of halogens is 2. The number of aromatic nitrogens is 2. The van der Waals surface area contributed by atoms with E-state index in [2.05, 4.69) is 20.0 Å². The smallest absolute Gasteiger partial charge is 0.257 e. The highest BCUT2D eigenvalue weighted by Gasteiger charge is 2.18. The molecule has 4 rings (SSSR count). The first kappa shape index (κ1) is 25.0. The number of phenolic OH excluding ortho intramolecular Hbond substituents is 1. The number of H-pyrrole nitrogens is 1. The van der Waals surface area contributed by atoms with Crippen molar-refractivity contribution in [2.75, 3.05) is 17.6 Å². The molecule has 8 nitrogen and oxygen atoms in total. The van der Waals surface area contributed by atoms with Crippen LogP contribution in [0.1, 0.15) is 22.8 Å². The first-order chi connectivity index (χ1) is 16.7. The molecule has 0 saturated heterocycles. The van der Waals surface area contributed by atoms with Gasteiger partial charge in [-0.15, -0.1) is 0 Å². The fourth-order valence-electron chi connectivity index (χ4n) is 3.48. The minimum absolute atomic E-state index is 0.0345. The van der Waals surface area contributed by atoms with Gasteiger partial charge in [-0.3, -0.25) is 4.79 Å². The Morgan fingerprint density at radius 3 is 2.51 bits per heavy atom. The maximum absolute atomic E-state index is 13.0. The number of hydrogen-bond acceptors (Lipinski definition) is 5. The monoisotopic (exact) mass is 532 g/mol. The highest BCUT2D eigenvalue weighted by atomic mass is 35.5. The van der Waals surface area contributed by atoms with Crippen LogP contribution in [0.2, 0.25) is 10.0 Å². The molecule has 1 amide bonds. The number of carbonyl (C=O) groups is 1. The lowest BCUT2D eigenvalue weighted by atomic mass is 10.1. The van der Waals surface area contributed by atoms with Gasteiger partial charge in [-0.05, 0) is 61.4 Å². The van der Waals surface area contributed by atoms with Gasteiger partial charge >= 0.3 is 0 Å². The van der Waals surface area contributed by atoms with Crippen LogP contribution in [0, 0.1) is 0 Å². The molecule has 0 fully saturated rings. The minimum atomic E-state index is -3.23. The summed E-state index contributed by atoms with van der Waals surface area (Å²) < 4.78 is 25.6. The first-order valence-electron chi connectivity index (χ1n) is 10.7. The van der Waals surface area contributed by atoms with Crippen molar-refractivity contribution in [2.45, 2.75) is 13.3 Å². The molecule has 3 aromatic carbocycles. The standard InChI is InChI=1S/C24H22Cl2N4O4S/c1-2-35(33,34)27-12-11-14-3-6-16(7-4-14)28-24(32)18-9-10-20(31)22-21(18)29-23(30-22)17-8-5-15(25)13-19(17)26/h3-10,13,27,31H,2,11-12H2,1H3,(H,28,32)(H,29,30). The van der Waals surface area contributed by atoms with Gasteiger partial charge in [0.05, 0.1) is 16.3 Å². The van der Waals surface area contributed by atoms with E-state index in [9.17, 15) is 18.3 Å². The van der Waals surface area contributed by atoms with Crippen LogP contribution in [-0.2, 0) is 16.4 Å². The molecule has 0 spiro atoms. The van der Waals surface area contributed by atoms with E-state index in [-0.39, 0.29) is 17.1 Å². The summed E-state index contributed by atoms with van der Waals surface area (Å²) in [5.74, 6) is -0.0328. The Kier molecular flexibility index (Phi) is 7.32. The molecule has 0 radical (unpaired) electrons. The number of amides is 1. The first-order valence-corrected chi connectivity index (χ1v) is 13.1. The van der Waals surface area contributed by atoms with Gasteiger partial charge in [0.1, 0.15) is 22.6 Å². The zero-order chi connectivity index (χ0) is 25.2. The fourth-order valence-corrected chi connectivity index (χ4v) is 4.59. The molecule has 1 heterocycles. The Hall–Kier alpha value is -3.11. The van der Waals surface area contributed by atoms with E-state index in [4.69, 9.17) is 23.2 Å². The molecule has 0 bridgehead atoms. The lowest BCUT2D eigenvalue weighted by molar-refractivity contribution is 0.102. The Labute approximate surface area is 212 Å². The fraction of sp³-hybridized carbons (Fsp3) is 0.167. The van der Waals surface area contributed by atoms with Crippen LogP contribution in [0.25, 0.3) is 22.4 Å². The highest BCUT2D eigenvalue weighted by Crippen LogP contribution is 2.33. The molecule has 0 atom stereocenters. The van der Waals surface area contributed by atoms with Crippen LogP contribution in [0.3, 0.4) is 0 Å². The molecule has 0 aliphatic rings. The summed E-state index contributed by atoms with van der Waals surface area (Å²) in [6.45, 7) is 1.88. The van der Waals surface area contributed by atoms with Gasteiger partial charge in [-0.1, -0.05) is 35.3 Å². The minimum Gasteiger partial charge on any atom is -0.506 e. The summed E-state index contributed by atoms with van der Waals surface area (Å²) in [5.41, 5.74) is 2.93. The SMILES string of the molecule is CCS(=O)(=O)NCCc1ccc(NC(=O)c2ccc(O)c3[nH]c(-c4ccc(Cl)cc4Cl)nc23)cc1. The number of anilines is 1. The molecule has 0 unspecified atom stereocenters. The van der Waals surface area contributed by atoms with Crippen molar-refractivity contribution in [2.24, 2.45) is 0 Å². The Morgan fingerprint density at radius 2 is 1.83 bits per heavy atom. The van der Waals surface area contributed by atoms with Gasteiger partial charge in [-0.2, -0.15) is 0 Å². The molecule has 35 heavy (non-hydrogen) atoms. The molecule has 4 aromatic rings. The zero-order valence-corrected chi connectivity index (χ0v) is 20.9. The third-order valence-corrected chi connectivity index (χ3v) is 7.33. The van der Waals surface area contributed by atoms with Gasteiger partial charge in [0.15, 0.2) is 0 Å². The summed E-state index contributed by atoms with van der Waals surface area (Å²) >= 11 is 12.3. The number of rotatable bonds is 8. The van der Waals surface area contributed by atoms with E-state index < -0.39 is 15.9 Å². The van der Waals surface area contributed by atoms with Crippen LogP contribution in [0.15, 0.2) is 54.6 Å². The number of nitrogens with one attached hydrogen (secondary N) is 3. The van der Waals surface area contributed by atoms with Gasteiger partial charge in [0.2, 0.25) is 10.0 Å². The second-order valence-electron chi connectivity index (χ2n) is 7.76. The lowest BCUT2D eigenvalue weighted by Crippen LogP contribution is -2.27. The average molecular weight is 533 g/mol. The third-order valence-electron chi connectivity index (χ3n) is 5.38. The zero-order valence-electron chi connectivity index (χ0n) is 18.6. The molecule has 0 aliphatic carbocycles. The van der Waals surface area contributed by atoms with E-state index in [0.717, 1.165) is 5.56 Å². The Morgan fingerprint density at radius 1 is 1.09 bits per heavy atom. The van der Waals surface area contributed by atoms with Crippen molar-refractivity contribution in [3.05, 3.63) is 75.8 Å². The van der Waals surface area contributed by atoms with Crippen molar-refractivity contribution < 1.29 is 18.3 Å². The normalized spacial score (nSPS) is 11.6. The van der Waals surface area contributed by atoms with E-state index in [0.29, 0.717) is 51.1 Å². The molecule has 182 valence electrons. The van der Waals surface area contributed by atoms with Crippen LogP contribution >= 0.6 is 23.2 Å². The summed E-state index contributed by atoms with van der Waals surface area (Å²) in [7, 11) is -3.23. The van der Waals surface area contributed by atoms with Crippen LogP contribution < -0.4 is 10.0 Å². The Bertz CT molecular complexity index is 1500.